The molecule has 118 valence electrons. The highest BCUT2D eigenvalue weighted by Gasteiger charge is 2.09. The number of hydrogen-bond donors (Lipinski definition) is 2. The molecule has 6 nitrogen and oxygen atoms in total. The summed E-state index contributed by atoms with van der Waals surface area (Å²) < 4.78 is 19.5. The van der Waals surface area contributed by atoms with Gasteiger partial charge in [-0.2, -0.15) is 5.10 Å². The van der Waals surface area contributed by atoms with E-state index in [1.165, 1.54) is 16.8 Å². The van der Waals surface area contributed by atoms with E-state index in [2.05, 4.69) is 10.4 Å². The molecule has 2 N–H and O–H groups in total. The predicted molar refractivity (Wildman–Crippen MR) is 78.4 cm³/mol. The van der Waals surface area contributed by atoms with Gasteiger partial charge >= 0.3 is 0 Å². The quantitative estimate of drug-likeness (QED) is 0.717. The average molecular weight is 307 g/mol. The highest BCUT2D eigenvalue weighted by molar-refractivity contribution is 5.92. The summed E-state index contributed by atoms with van der Waals surface area (Å²) in [6, 6.07) is 7.44. The van der Waals surface area contributed by atoms with Gasteiger partial charge in [-0.1, -0.05) is 0 Å². The molecule has 0 radical (unpaired) electrons. The second-order valence-electron chi connectivity index (χ2n) is 4.57. The van der Waals surface area contributed by atoms with E-state index in [9.17, 15) is 9.18 Å². The first-order valence-corrected chi connectivity index (χ1v) is 6.99. The minimum absolute atomic E-state index is 0.00677. The van der Waals surface area contributed by atoms with Crippen LogP contribution in [0.3, 0.4) is 0 Å². The third kappa shape index (κ3) is 4.64. The first-order chi connectivity index (χ1) is 10.7. The van der Waals surface area contributed by atoms with Crippen molar-refractivity contribution in [3.63, 3.8) is 0 Å². The molecule has 0 atom stereocenters. The zero-order chi connectivity index (χ0) is 15.8. The second-order valence-corrected chi connectivity index (χ2v) is 4.57. The van der Waals surface area contributed by atoms with E-state index in [1.54, 1.807) is 24.4 Å². The van der Waals surface area contributed by atoms with Crippen molar-refractivity contribution in [1.29, 1.82) is 0 Å². The number of aliphatic hydroxyl groups excluding tert-OH is 1. The molecule has 2 aromatic rings. The molecule has 0 fully saturated rings. The van der Waals surface area contributed by atoms with Crippen molar-refractivity contribution in [2.45, 2.75) is 6.42 Å². The number of ether oxygens (including phenoxy) is 1. The van der Waals surface area contributed by atoms with Crippen molar-refractivity contribution in [2.75, 3.05) is 26.4 Å². The average Bonchev–Trinajstić information content (AvgIpc) is 3.01. The second kappa shape index (κ2) is 8.26. The molecule has 1 amide bonds. The number of nitrogens with zero attached hydrogens (tertiary/aromatic N) is 2. The Hall–Kier alpha value is -2.25. The standard InChI is InChI=1S/C15H18FN3O3/c16-12-2-4-13(5-3-12)19-8-6-14(18-19)15(21)17-7-1-10-22-11-9-20/h2-6,8,20H,1,7,9-11H2,(H,17,21). The van der Waals surface area contributed by atoms with Gasteiger partial charge in [0.25, 0.3) is 5.91 Å². The number of nitrogens with one attached hydrogen (secondary N) is 1. The van der Waals surface area contributed by atoms with Crippen molar-refractivity contribution in [2.24, 2.45) is 0 Å². The molecule has 0 spiro atoms. The number of hydrogen-bond acceptors (Lipinski definition) is 4. The number of benzene rings is 1. The molecule has 0 saturated carbocycles. The lowest BCUT2D eigenvalue weighted by Crippen LogP contribution is -2.26. The van der Waals surface area contributed by atoms with Crippen molar-refractivity contribution in [1.82, 2.24) is 15.1 Å². The van der Waals surface area contributed by atoms with Crippen LogP contribution in [-0.2, 0) is 4.74 Å². The number of amides is 1. The molecule has 7 heteroatoms. The van der Waals surface area contributed by atoms with Gasteiger partial charge in [-0.3, -0.25) is 4.79 Å². The molecule has 1 heterocycles. The molecule has 0 saturated heterocycles. The van der Waals surface area contributed by atoms with E-state index in [4.69, 9.17) is 9.84 Å². The lowest BCUT2D eigenvalue weighted by atomic mass is 10.3. The first-order valence-electron chi connectivity index (χ1n) is 6.99. The summed E-state index contributed by atoms with van der Waals surface area (Å²) in [4.78, 5) is 11.9. The van der Waals surface area contributed by atoms with E-state index in [0.29, 0.717) is 37.6 Å². The molecule has 0 aliphatic rings. The zero-order valence-electron chi connectivity index (χ0n) is 12.0. The van der Waals surface area contributed by atoms with Gasteiger partial charge in [-0.25, -0.2) is 9.07 Å². The fourth-order valence-electron chi connectivity index (χ4n) is 1.82. The summed E-state index contributed by atoms with van der Waals surface area (Å²) in [5, 5.41) is 15.4. The molecule has 0 aliphatic heterocycles. The summed E-state index contributed by atoms with van der Waals surface area (Å²) in [5.74, 6) is -0.597. The Morgan fingerprint density at radius 1 is 1.27 bits per heavy atom. The van der Waals surface area contributed by atoms with Crippen molar-refractivity contribution >= 4 is 5.91 Å². The minimum Gasteiger partial charge on any atom is -0.394 e. The molecule has 0 aliphatic carbocycles. The number of carbonyl (C=O) groups is 1. The molecule has 0 bridgehead atoms. The van der Waals surface area contributed by atoms with E-state index < -0.39 is 0 Å². The SMILES string of the molecule is O=C(NCCCOCCO)c1ccn(-c2ccc(F)cc2)n1. The monoisotopic (exact) mass is 307 g/mol. The maximum absolute atomic E-state index is 12.9. The van der Waals surface area contributed by atoms with Crippen LogP contribution in [0.5, 0.6) is 0 Å². The summed E-state index contributed by atoms with van der Waals surface area (Å²) in [6.45, 7) is 1.24. The highest BCUT2D eigenvalue weighted by Crippen LogP contribution is 2.08. The third-order valence-electron chi connectivity index (χ3n) is 2.90. The van der Waals surface area contributed by atoms with Crippen molar-refractivity contribution in [3.05, 3.63) is 48.0 Å². The first kappa shape index (κ1) is 16.1. The van der Waals surface area contributed by atoms with Crippen LogP contribution in [0.2, 0.25) is 0 Å². The normalized spacial score (nSPS) is 10.6. The van der Waals surface area contributed by atoms with Gasteiger partial charge in [0.15, 0.2) is 5.69 Å². The molecular weight excluding hydrogens is 289 g/mol. The third-order valence-corrected chi connectivity index (χ3v) is 2.90. The van der Waals surface area contributed by atoms with Gasteiger partial charge in [0.05, 0.1) is 18.9 Å². The van der Waals surface area contributed by atoms with Gasteiger partial charge in [0.1, 0.15) is 5.82 Å². The molecule has 2 rings (SSSR count). The van der Waals surface area contributed by atoms with Crippen LogP contribution < -0.4 is 5.32 Å². The van der Waals surface area contributed by atoms with Gasteiger partial charge in [0.2, 0.25) is 0 Å². The van der Waals surface area contributed by atoms with Gasteiger partial charge in [-0.15, -0.1) is 0 Å². The smallest absolute Gasteiger partial charge is 0.271 e. The maximum atomic E-state index is 12.9. The molecule has 22 heavy (non-hydrogen) atoms. The van der Waals surface area contributed by atoms with Crippen LogP contribution in [0.1, 0.15) is 16.9 Å². The topological polar surface area (TPSA) is 76.4 Å². The maximum Gasteiger partial charge on any atom is 0.271 e. The van der Waals surface area contributed by atoms with E-state index >= 15 is 0 Å². The van der Waals surface area contributed by atoms with Crippen LogP contribution in [0, 0.1) is 5.82 Å². The lowest BCUT2D eigenvalue weighted by Gasteiger charge is -2.04. The Balaban J connectivity index is 1.83. The van der Waals surface area contributed by atoms with Gasteiger partial charge in [0, 0.05) is 19.3 Å². The zero-order valence-corrected chi connectivity index (χ0v) is 12.0. The van der Waals surface area contributed by atoms with Crippen LogP contribution in [0.25, 0.3) is 5.69 Å². The summed E-state index contributed by atoms with van der Waals surface area (Å²) >= 11 is 0. The number of aliphatic hydroxyl groups is 1. The summed E-state index contributed by atoms with van der Waals surface area (Å²) in [5.41, 5.74) is 0.971. The minimum atomic E-state index is -0.322. The lowest BCUT2D eigenvalue weighted by molar-refractivity contribution is 0.0865. The van der Waals surface area contributed by atoms with Crippen LogP contribution in [0.4, 0.5) is 4.39 Å². The van der Waals surface area contributed by atoms with Crippen molar-refractivity contribution < 1.29 is 19.0 Å². The van der Waals surface area contributed by atoms with E-state index in [1.807, 2.05) is 0 Å². The summed E-state index contributed by atoms with van der Waals surface area (Å²) in [7, 11) is 0. The fourth-order valence-corrected chi connectivity index (χ4v) is 1.82. The van der Waals surface area contributed by atoms with E-state index in [0.717, 1.165) is 0 Å². The van der Waals surface area contributed by atoms with Crippen molar-refractivity contribution in [3.8, 4) is 5.69 Å². The van der Waals surface area contributed by atoms with Gasteiger partial charge < -0.3 is 15.2 Å². The highest BCUT2D eigenvalue weighted by atomic mass is 19.1. The number of carbonyl (C=O) groups excluding carboxylic acids is 1. The van der Waals surface area contributed by atoms with Crippen LogP contribution in [-0.4, -0.2) is 47.2 Å². The molecule has 0 unspecified atom stereocenters. The largest absolute Gasteiger partial charge is 0.394 e. The number of aromatic nitrogens is 2. The molecular formula is C15H18FN3O3. The van der Waals surface area contributed by atoms with E-state index in [-0.39, 0.29) is 18.3 Å². The summed E-state index contributed by atoms with van der Waals surface area (Å²) in [6.07, 6.45) is 2.30. The van der Waals surface area contributed by atoms with Gasteiger partial charge in [-0.05, 0) is 36.8 Å². The number of halogens is 1. The van der Waals surface area contributed by atoms with Crippen LogP contribution in [0.15, 0.2) is 36.5 Å². The molecule has 1 aromatic heterocycles. The Morgan fingerprint density at radius 2 is 2.05 bits per heavy atom. The number of rotatable bonds is 8. The predicted octanol–water partition coefficient (Wildman–Crippen LogP) is 1.14. The molecule has 1 aromatic carbocycles. The Morgan fingerprint density at radius 3 is 2.77 bits per heavy atom. The Labute approximate surface area is 127 Å². The Kier molecular flexibility index (Phi) is 6.05. The Bertz CT molecular complexity index is 598. The van der Waals surface area contributed by atoms with Crippen LogP contribution >= 0.6 is 0 Å². The fraction of sp³-hybridized carbons (Fsp3) is 0.333.